The van der Waals surface area contributed by atoms with Crippen LogP contribution in [0.5, 0.6) is 0 Å². The summed E-state index contributed by atoms with van der Waals surface area (Å²) in [6.45, 7) is 6.59. The van der Waals surface area contributed by atoms with Crippen LogP contribution in [0.25, 0.3) is 0 Å². The maximum Gasteiger partial charge on any atom is 3.00 e. The molecule has 0 unspecified atom stereocenters. The molecule has 0 fully saturated rings. The Morgan fingerprint density at radius 3 is 1.82 bits per heavy atom. The van der Waals surface area contributed by atoms with Crippen LogP contribution in [0.4, 0.5) is 0 Å². The first-order chi connectivity index (χ1) is 4.61. The molecule has 1 aromatic rings. The van der Waals surface area contributed by atoms with Crippen molar-refractivity contribution < 1.29 is 19.5 Å². The number of hydrogen-bond acceptors (Lipinski definition) is 1. The fourth-order valence-corrected chi connectivity index (χ4v) is 0.852. The fourth-order valence-electron chi connectivity index (χ4n) is 0.852. The molecule has 0 aliphatic carbocycles. The molecule has 0 saturated heterocycles. The van der Waals surface area contributed by atoms with E-state index in [1.165, 1.54) is 5.56 Å². The van der Waals surface area contributed by atoms with Crippen LogP contribution in [0, 0.1) is 0 Å². The molecule has 0 amide bonds. The molecule has 1 nitrogen and oxygen atoms in total. The van der Waals surface area contributed by atoms with Crippen molar-refractivity contribution in [2.45, 2.75) is 26.2 Å². The summed E-state index contributed by atoms with van der Waals surface area (Å²) in [7, 11) is 0. The average Bonchev–Trinajstić information content (AvgIpc) is 1.88. The maximum atomic E-state index is 3.96. The molecule has 0 atom stereocenters. The summed E-state index contributed by atoms with van der Waals surface area (Å²) in [6, 6.07) is 4.11. The van der Waals surface area contributed by atoms with E-state index in [0.717, 1.165) is 0 Å². The third-order valence-electron chi connectivity index (χ3n) is 1.55. The number of nitrogens with zero attached hydrogens (tertiary/aromatic N) is 1. The number of hydrogen-bond donors (Lipinski definition) is 0. The first kappa shape index (κ1) is 10.8. The molecule has 0 spiro atoms. The average molecular weight is 236 g/mol. The summed E-state index contributed by atoms with van der Waals surface area (Å²) in [5.74, 6) is 0. The minimum absolute atomic E-state index is 0. The summed E-state index contributed by atoms with van der Waals surface area (Å²) in [6.07, 6.45) is 3.67. The Bertz CT molecular complexity index is 201. The standard InChI is InChI=1S/C9H13N.Ru/c1-9(2,3)8-4-6-10-7-5-8;/h4-7H,1-3H3;/q;+3. The molecule has 0 saturated carbocycles. The summed E-state index contributed by atoms with van der Waals surface area (Å²) >= 11 is 0. The van der Waals surface area contributed by atoms with Gasteiger partial charge in [-0.2, -0.15) is 0 Å². The van der Waals surface area contributed by atoms with Crippen LogP contribution in [-0.2, 0) is 24.9 Å². The van der Waals surface area contributed by atoms with Crippen LogP contribution >= 0.6 is 0 Å². The monoisotopic (exact) mass is 237 g/mol. The van der Waals surface area contributed by atoms with E-state index in [-0.39, 0.29) is 24.9 Å². The first-order valence-electron chi connectivity index (χ1n) is 3.51. The largest absolute Gasteiger partial charge is 3.00 e. The SMILES string of the molecule is CC(C)(C)c1ccncc1.[Ru+3]. The van der Waals surface area contributed by atoms with Crippen molar-refractivity contribution >= 4 is 0 Å². The molecular weight excluding hydrogens is 223 g/mol. The number of aromatic nitrogens is 1. The summed E-state index contributed by atoms with van der Waals surface area (Å²) in [5, 5.41) is 0. The van der Waals surface area contributed by atoms with Crippen molar-refractivity contribution in [1.82, 2.24) is 4.98 Å². The molecular formula is C9H13NRu+3. The topological polar surface area (TPSA) is 12.9 Å². The summed E-state index contributed by atoms with van der Waals surface area (Å²) in [4.78, 5) is 3.96. The molecule has 1 radical (unpaired) electrons. The zero-order chi connectivity index (χ0) is 7.61. The quantitative estimate of drug-likeness (QED) is 0.630. The van der Waals surface area contributed by atoms with E-state index in [1.54, 1.807) is 0 Å². The fraction of sp³-hybridized carbons (Fsp3) is 0.444. The van der Waals surface area contributed by atoms with Gasteiger partial charge >= 0.3 is 19.5 Å². The second-order valence-electron chi connectivity index (χ2n) is 3.49. The van der Waals surface area contributed by atoms with Gasteiger partial charge in [-0.25, -0.2) is 0 Å². The summed E-state index contributed by atoms with van der Waals surface area (Å²) in [5.41, 5.74) is 1.59. The zero-order valence-corrected chi connectivity index (χ0v) is 8.85. The predicted molar refractivity (Wildman–Crippen MR) is 42.9 cm³/mol. The molecule has 0 aliphatic rings. The minimum atomic E-state index is 0. The normalized spacial score (nSPS) is 10.5. The molecule has 0 aromatic carbocycles. The Kier molecular flexibility index (Phi) is 3.88. The van der Waals surface area contributed by atoms with Crippen molar-refractivity contribution in [1.29, 1.82) is 0 Å². The molecule has 2 heteroatoms. The van der Waals surface area contributed by atoms with Crippen LogP contribution in [-0.4, -0.2) is 4.98 Å². The van der Waals surface area contributed by atoms with Gasteiger partial charge < -0.3 is 0 Å². The smallest absolute Gasteiger partial charge is 0.265 e. The zero-order valence-electron chi connectivity index (χ0n) is 7.11. The second kappa shape index (κ2) is 3.97. The van der Waals surface area contributed by atoms with E-state index in [2.05, 4.69) is 37.9 Å². The van der Waals surface area contributed by atoms with Gasteiger partial charge in [-0.15, -0.1) is 0 Å². The van der Waals surface area contributed by atoms with E-state index in [4.69, 9.17) is 0 Å². The third-order valence-corrected chi connectivity index (χ3v) is 1.55. The van der Waals surface area contributed by atoms with Crippen LogP contribution in [0.3, 0.4) is 0 Å². The van der Waals surface area contributed by atoms with Crippen LogP contribution in [0.15, 0.2) is 24.5 Å². The van der Waals surface area contributed by atoms with Crippen molar-refractivity contribution in [3.8, 4) is 0 Å². The molecule has 1 heterocycles. The number of rotatable bonds is 0. The Hall–Kier alpha value is -0.227. The Labute approximate surface area is 81.0 Å². The van der Waals surface area contributed by atoms with E-state index >= 15 is 0 Å². The molecule has 0 N–H and O–H groups in total. The van der Waals surface area contributed by atoms with Gasteiger partial charge in [-0.3, -0.25) is 4.98 Å². The molecule has 11 heavy (non-hydrogen) atoms. The van der Waals surface area contributed by atoms with Crippen molar-refractivity contribution in [2.24, 2.45) is 0 Å². The van der Waals surface area contributed by atoms with Gasteiger partial charge in [0.05, 0.1) is 0 Å². The Balaban J connectivity index is 0.000001000. The minimum Gasteiger partial charge on any atom is -0.265 e. The van der Waals surface area contributed by atoms with E-state index in [9.17, 15) is 0 Å². The molecule has 1 aromatic heterocycles. The van der Waals surface area contributed by atoms with Gasteiger partial charge in [-0.05, 0) is 23.1 Å². The van der Waals surface area contributed by atoms with E-state index in [0.29, 0.717) is 0 Å². The van der Waals surface area contributed by atoms with Crippen molar-refractivity contribution in [3.05, 3.63) is 30.1 Å². The van der Waals surface area contributed by atoms with Gasteiger partial charge in [0.1, 0.15) is 0 Å². The molecule has 0 aliphatic heterocycles. The first-order valence-corrected chi connectivity index (χ1v) is 3.51. The van der Waals surface area contributed by atoms with Gasteiger partial charge in [0.2, 0.25) is 0 Å². The third kappa shape index (κ3) is 3.11. The Morgan fingerprint density at radius 2 is 1.55 bits per heavy atom. The van der Waals surface area contributed by atoms with Gasteiger partial charge in [0.25, 0.3) is 0 Å². The van der Waals surface area contributed by atoms with E-state index in [1.807, 2.05) is 12.4 Å². The van der Waals surface area contributed by atoms with Crippen molar-refractivity contribution in [2.75, 3.05) is 0 Å². The maximum absolute atomic E-state index is 3.96. The predicted octanol–water partition coefficient (Wildman–Crippen LogP) is 2.38. The van der Waals surface area contributed by atoms with Crippen LogP contribution in [0.2, 0.25) is 0 Å². The van der Waals surface area contributed by atoms with Crippen molar-refractivity contribution in [3.63, 3.8) is 0 Å². The molecule has 0 bridgehead atoms. The van der Waals surface area contributed by atoms with Crippen LogP contribution in [0.1, 0.15) is 26.3 Å². The van der Waals surface area contributed by atoms with Gasteiger partial charge in [0.15, 0.2) is 0 Å². The summed E-state index contributed by atoms with van der Waals surface area (Å²) < 4.78 is 0. The van der Waals surface area contributed by atoms with Gasteiger partial charge in [0, 0.05) is 12.4 Å². The van der Waals surface area contributed by atoms with E-state index < -0.39 is 0 Å². The van der Waals surface area contributed by atoms with Crippen LogP contribution < -0.4 is 0 Å². The number of pyridine rings is 1. The Morgan fingerprint density at radius 1 is 1.09 bits per heavy atom. The van der Waals surface area contributed by atoms with Gasteiger partial charge in [-0.1, -0.05) is 20.8 Å². The second-order valence-corrected chi connectivity index (χ2v) is 3.49. The molecule has 59 valence electrons. The molecule has 1 rings (SSSR count).